The van der Waals surface area contributed by atoms with Crippen LogP contribution in [0, 0.1) is 6.92 Å². The minimum absolute atomic E-state index is 0.0982. The molecule has 0 radical (unpaired) electrons. The Kier molecular flexibility index (Phi) is 4.70. The average molecular weight is 390 g/mol. The van der Waals surface area contributed by atoms with Crippen molar-refractivity contribution in [3.63, 3.8) is 0 Å². The van der Waals surface area contributed by atoms with Crippen LogP contribution in [0.4, 0.5) is 5.69 Å². The molecule has 1 aromatic carbocycles. The van der Waals surface area contributed by atoms with Crippen LogP contribution in [0.2, 0.25) is 0 Å². The Morgan fingerprint density at radius 2 is 2.05 bits per heavy atom. The molecule has 0 aliphatic heterocycles. The average Bonchev–Trinajstić information content (AvgIpc) is 2.81. The molecule has 2 aromatic rings. The summed E-state index contributed by atoms with van der Waals surface area (Å²) < 4.78 is 28.0. The quantitative estimate of drug-likeness (QED) is 0.821. The van der Waals surface area contributed by atoms with Gasteiger partial charge in [0.1, 0.15) is 4.21 Å². The molecule has 0 bridgehead atoms. The maximum atomic E-state index is 12.3. The van der Waals surface area contributed by atoms with Crippen molar-refractivity contribution >= 4 is 48.9 Å². The van der Waals surface area contributed by atoms with Crippen LogP contribution in [0.1, 0.15) is 10.4 Å². The van der Waals surface area contributed by atoms with Gasteiger partial charge in [-0.1, -0.05) is 15.9 Å². The van der Waals surface area contributed by atoms with Crippen LogP contribution in [0.15, 0.2) is 39.0 Å². The molecule has 2 N–H and O–H groups in total. The fraction of sp³-hybridized carbons (Fsp3) is 0.154. The van der Waals surface area contributed by atoms with E-state index in [0.717, 1.165) is 21.4 Å². The molecule has 0 aliphatic rings. The number of aryl methyl sites for hydroxylation is 1. The molecule has 1 heterocycles. The van der Waals surface area contributed by atoms with Crippen LogP contribution in [0.3, 0.4) is 0 Å². The largest absolute Gasteiger partial charge is 0.481 e. The summed E-state index contributed by atoms with van der Waals surface area (Å²) in [6.07, 6.45) is -0.183. The number of hydrogen-bond acceptors (Lipinski definition) is 4. The van der Waals surface area contributed by atoms with E-state index in [1.54, 1.807) is 19.1 Å². The Hall–Kier alpha value is -1.38. The molecule has 0 fully saturated rings. The number of carbonyl (C=O) groups is 1. The monoisotopic (exact) mass is 389 g/mol. The van der Waals surface area contributed by atoms with Crippen LogP contribution >= 0.6 is 27.3 Å². The van der Waals surface area contributed by atoms with E-state index in [0.29, 0.717) is 10.6 Å². The van der Waals surface area contributed by atoms with E-state index in [1.807, 2.05) is 6.07 Å². The van der Waals surface area contributed by atoms with Crippen molar-refractivity contribution in [2.24, 2.45) is 0 Å². The summed E-state index contributed by atoms with van der Waals surface area (Å²) in [7, 11) is -3.70. The number of hydrogen-bond donors (Lipinski definition) is 2. The highest BCUT2D eigenvalue weighted by molar-refractivity contribution is 9.10. The second kappa shape index (κ2) is 6.17. The van der Waals surface area contributed by atoms with Gasteiger partial charge < -0.3 is 5.11 Å². The highest BCUT2D eigenvalue weighted by Gasteiger charge is 2.18. The van der Waals surface area contributed by atoms with Crippen molar-refractivity contribution in [1.29, 1.82) is 0 Å². The summed E-state index contributed by atoms with van der Waals surface area (Å²) in [6.45, 7) is 1.80. The Bertz CT molecular complexity index is 783. The first kappa shape index (κ1) is 16.0. The number of sulfonamides is 1. The summed E-state index contributed by atoms with van der Waals surface area (Å²) in [5.74, 6) is -0.988. The first-order chi connectivity index (χ1) is 9.78. The van der Waals surface area contributed by atoms with Crippen LogP contribution < -0.4 is 4.72 Å². The second-order valence-electron chi connectivity index (χ2n) is 4.36. The van der Waals surface area contributed by atoms with Crippen molar-refractivity contribution in [3.8, 4) is 0 Å². The van der Waals surface area contributed by atoms with E-state index in [1.165, 1.54) is 12.1 Å². The number of halogens is 1. The predicted molar refractivity (Wildman–Crippen MR) is 85.3 cm³/mol. The zero-order valence-electron chi connectivity index (χ0n) is 11.0. The fourth-order valence-corrected chi connectivity index (χ4v) is 4.64. The SMILES string of the molecule is Cc1cc(Br)ccc1NS(=O)(=O)c1ccc(CC(=O)O)s1. The number of anilines is 1. The van der Waals surface area contributed by atoms with Gasteiger partial charge in [-0.3, -0.25) is 9.52 Å². The maximum absolute atomic E-state index is 12.3. The lowest BCUT2D eigenvalue weighted by Crippen LogP contribution is -2.12. The van der Waals surface area contributed by atoms with Gasteiger partial charge >= 0.3 is 5.97 Å². The number of carboxylic acids is 1. The number of thiophene rings is 1. The second-order valence-corrected chi connectivity index (χ2v) is 8.35. The first-order valence-electron chi connectivity index (χ1n) is 5.87. The van der Waals surface area contributed by atoms with Gasteiger partial charge in [0, 0.05) is 9.35 Å². The lowest BCUT2D eigenvalue weighted by Gasteiger charge is -2.09. The van der Waals surface area contributed by atoms with Crippen molar-refractivity contribution in [1.82, 2.24) is 0 Å². The van der Waals surface area contributed by atoms with Gasteiger partial charge in [-0.05, 0) is 42.8 Å². The molecular formula is C13H12BrNO4S2. The third-order valence-corrected chi connectivity index (χ3v) is 6.10. The lowest BCUT2D eigenvalue weighted by molar-refractivity contribution is -0.136. The normalized spacial score (nSPS) is 11.3. The molecular weight excluding hydrogens is 378 g/mol. The third-order valence-electron chi connectivity index (χ3n) is 2.66. The molecule has 0 unspecified atom stereocenters. The summed E-state index contributed by atoms with van der Waals surface area (Å²) >= 11 is 4.27. The highest BCUT2D eigenvalue weighted by Crippen LogP contribution is 2.27. The number of carboxylic acid groups (broad SMARTS) is 1. The summed E-state index contributed by atoms with van der Waals surface area (Å²) in [5.41, 5.74) is 1.28. The molecule has 0 saturated carbocycles. The summed E-state index contributed by atoms with van der Waals surface area (Å²) in [6, 6.07) is 8.15. The summed E-state index contributed by atoms with van der Waals surface area (Å²) in [4.78, 5) is 11.1. The van der Waals surface area contributed by atoms with Crippen molar-refractivity contribution in [3.05, 3.63) is 45.2 Å². The zero-order valence-corrected chi connectivity index (χ0v) is 14.2. The standard InChI is InChI=1S/C13H12BrNO4S2/c1-8-6-9(14)2-4-11(8)15-21(18,19)13-5-3-10(20-13)7-12(16)17/h2-6,15H,7H2,1H3,(H,16,17). The Labute approximate surface area is 134 Å². The lowest BCUT2D eigenvalue weighted by atomic mass is 10.2. The molecule has 112 valence electrons. The van der Waals surface area contributed by atoms with E-state index in [2.05, 4.69) is 20.7 Å². The zero-order chi connectivity index (χ0) is 15.6. The molecule has 8 heteroatoms. The van der Waals surface area contributed by atoms with Crippen LogP contribution in [-0.4, -0.2) is 19.5 Å². The molecule has 0 atom stereocenters. The molecule has 0 saturated heterocycles. The van der Waals surface area contributed by atoms with E-state index in [9.17, 15) is 13.2 Å². The number of rotatable bonds is 5. The molecule has 1 aromatic heterocycles. The third kappa shape index (κ3) is 4.05. The molecule has 0 aliphatic carbocycles. The number of aliphatic carboxylic acids is 1. The molecule has 2 rings (SSSR count). The first-order valence-corrected chi connectivity index (χ1v) is 8.97. The van der Waals surface area contributed by atoms with E-state index in [4.69, 9.17) is 5.11 Å². The predicted octanol–water partition coefficient (Wildman–Crippen LogP) is 3.25. The van der Waals surface area contributed by atoms with Gasteiger partial charge in [0.15, 0.2) is 0 Å². The van der Waals surface area contributed by atoms with Gasteiger partial charge in [-0.25, -0.2) is 8.42 Å². The van der Waals surface area contributed by atoms with Gasteiger partial charge in [-0.2, -0.15) is 0 Å². The van der Waals surface area contributed by atoms with Crippen molar-refractivity contribution < 1.29 is 18.3 Å². The maximum Gasteiger partial charge on any atom is 0.308 e. The van der Waals surface area contributed by atoms with Gasteiger partial charge in [0.05, 0.1) is 12.1 Å². The number of nitrogens with one attached hydrogen (secondary N) is 1. The Morgan fingerprint density at radius 1 is 1.33 bits per heavy atom. The summed E-state index contributed by atoms with van der Waals surface area (Å²) in [5, 5.41) is 8.71. The molecule has 5 nitrogen and oxygen atoms in total. The smallest absolute Gasteiger partial charge is 0.308 e. The van der Waals surface area contributed by atoms with E-state index in [-0.39, 0.29) is 10.6 Å². The van der Waals surface area contributed by atoms with Crippen LogP contribution in [-0.2, 0) is 21.2 Å². The number of benzene rings is 1. The minimum atomic E-state index is -3.70. The molecule has 0 amide bonds. The Morgan fingerprint density at radius 3 is 2.67 bits per heavy atom. The van der Waals surface area contributed by atoms with E-state index < -0.39 is 16.0 Å². The highest BCUT2D eigenvalue weighted by atomic mass is 79.9. The van der Waals surface area contributed by atoms with Crippen molar-refractivity contribution in [2.75, 3.05) is 4.72 Å². The van der Waals surface area contributed by atoms with Gasteiger partial charge in [0.25, 0.3) is 10.0 Å². The van der Waals surface area contributed by atoms with Crippen LogP contribution in [0.25, 0.3) is 0 Å². The topological polar surface area (TPSA) is 83.5 Å². The van der Waals surface area contributed by atoms with E-state index >= 15 is 0 Å². The molecule has 21 heavy (non-hydrogen) atoms. The van der Waals surface area contributed by atoms with Gasteiger partial charge in [-0.15, -0.1) is 11.3 Å². The molecule has 0 spiro atoms. The fourth-order valence-electron chi connectivity index (χ4n) is 1.68. The minimum Gasteiger partial charge on any atom is -0.481 e. The van der Waals surface area contributed by atoms with Gasteiger partial charge in [0.2, 0.25) is 0 Å². The van der Waals surface area contributed by atoms with Crippen LogP contribution in [0.5, 0.6) is 0 Å². The van der Waals surface area contributed by atoms with Crippen molar-refractivity contribution in [2.45, 2.75) is 17.6 Å². The Balaban J connectivity index is 2.25.